The predicted molar refractivity (Wildman–Crippen MR) is 75.1 cm³/mol. The molecule has 21 heavy (non-hydrogen) atoms. The summed E-state index contributed by atoms with van der Waals surface area (Å²) in [6.07, 6.45) is 4.01. The molecule has 0 aromatic heterocycles. The number of amides is 1. The van der Waals surface area contributed by atoms with Crippen LogP contribution < -0.4 is 10.2 Å². The molecule has 1 saturated carbocycles. The Bertz CT molecular complexity index is 526. The molecule has 1 fully saturated rings. The van der Waals surface area contributed by atoms with Crippen molar-refractivity contribution >= 4 is 11.6 Å². The quantitative estimate of drug-likeness (QED) is 0.643. The standard InChI is InChI=1S/C14H18N2O5/c1-2-20-13-11(8-5-9-12(13)16(18)19)14(17)15-21-10-6-3-4-7-10/h5,8-10H,2-4,6-7H2,1H3,(H,15,17). The summed E-state index contributed by atoms with van der Waals surface area (Å²) in [5, 5.41) is 11.0. The van der Waals surface area contributed by atoms with Gasteiger partial charge in [-0.3, -0.25) is 19.7 Å². The van der Waals surface area contributed by atoms with Gasteiger partial charge in [0.05, 0.1) is 23.2 Å². The number of rotatable bonds is 6. The van der Waals surface area contributed by atoms with E-state index in [9.17, 15) is 14.9 Å². The van der Waals surface area contributed by atoms with E-state index >= 15 is 0 Å². The predicted octanol–water partition coefficient (Wildman–Crippen LogP) is 2.60. The number of nitro benzene ring substituents is 1. The fraction of sp³-hybridized carbons (Fsp3) is 0.500. The number of carbonyl (C=O) groups is 1. The van der Waals surface area contributed by atoms with Crippen LogP contribution in [0.4, 0.5) is 5.69 Å². The highest BCUT2D eigenvalue weighted by Crippen LogP contribution is 2.31. The van der Waals surface area contributed by atoms with Crippen molar-refractivity contribution in [3.05, 3.63) is 33.9 Å². The van der Waals surface area contributed by atoms with E-state index in [0.29, 0.717) is 0 Å². The SMILES string of the molecule is CCOc1c(C(=O)NOC2CCCC2)cccc1[N+](=O)[O-]. The zero-order valence-corrected chi connectivity index (χ0v) is 11.8. The molecule has 0 aliphatic heterocycles. The first-order chi connectivity index (χ1) is 10.1. The van der Waals surface area contributed by atoms with Gasteiger partial charge in [0.2, 0.25) is 5.75 Å². The van der Waals surface area contributed by atoms with Crippen molar-refractivity contribution < 1.29 is 19.3 Å². The van der Waals surface area contributed by atoms with Gasteiger partial charge in [0, 0.05) is 6.07 Å². The normalized spacial score (nSPS) is 14.9. The summed E-state index contributed by atoms with van der Waals surface area (Å²) in [6.45, 7) is 1.93. The van der Waals surface area contributed by atoms with E-state index in [-0.39, 0.29) is 29.7 Å². The van der Waals surface area contributed by atoms with Crippen molar-refractivity contribution in [1.29, 1.82) is 0 Å². The Kier molecular flexibility index (Phi) is 5.10. The fourth-order valence-corrected chi connectivity index (χ4v) is 2.34. The minimum atomic E-state index is -0.570. The Morgan fingerprint density at radius 1 is 1.43 bits per heavy atom. The van der Waals surface area contributed by atoms with Crippen molar-refractivity contribution in [3.8, 4) is 5.75 Å². The van der Waals surface area contributed by atoms with E-state index in [1.165, 1.54) is 18.2 Å². The van der Waals surface area contributed by atoms with Crippen molar-refractivity contribution in [2.45, 2.75) is 38.7 Å². The highest BCUT2D eigenvalue weighted by molar-refractivity contribution is 5.97. The number of hydrogen-bond acceptors (Lipinski definition) is 5. The second-order valence-corrected chi connectivity index (χ2v) is 4.80. The summed E-state index contributed by atoms with van der Waals surface area (Å²) in [5.41, 5.74) is 2.23. The third-order valence-electron chi connectivity index (χ3n) is 3.34. The van der Waals surface area contributed by atoms with E-state index in [4.69, 9.17) is 9.57 Å². The molecular formula is C14H18N2O5. The molecule has 1 aromatic carbocycles. The van der Waals surface area contributed by atoms with Gasteiger partial charge in [-0.25, -0.2) is 5.48 Å². The van der Waals surface area contributed by atoms with Crippen LogP contribution >= 0.6 is 0 Å². The first-order valence-corrected chi connectivity index (χ1v) is 6.99. The Balaban J connectivity index is 2.14. The lowest BCUT2D eigenvalue weighted by Gasteiger charge is -2.13. The molecule has 0 atom stereocenters. The van der Waals surface area contributed by atoms with Crippen LogP contribution in [-0.4, -0.2) is 23.5 Å². The third kappa shape index (κ3) is 3.69. The summed E-state index contributed by atoms with van der Waals surface area (Å²) in [7, 11) is 0. The monoisotopic (exact) mass is 294 g/mol. The number of nitro groups is 1. The van der Waals surface area contributed by atoms with E-state index in [1.54, 1.807) is 6.92 Å². The van der Waals surface area contributed by atoms with Gasteiger partial charge in [0.25, 0.3) is 5.91 Å². The summed E-state index contributed by atoms with van der Waals surface area (Å²) < 4.78 is 5.26. The molecule has 1 aliphatic carbocycles. The lowest BCUT2D eigenvalue weighted by atomic mass is 10.1. The second kappa shape index (κ2) is 7.03. The van der Waals surface area contributed by atoms with Crippen LogP contribution in [0.3, 0.4) is 0 Å². The second-order valence-electron chi connectivity index (χ2n) is 4.80. The van der Waals surface area contributed by atoms with Crippen LogP contribution in [0.2, 0.25) is 0 Å². The molecule has 1 amide bonds. The number of hydrogen-bond donors (Lipinski definition) is 1. The van der Waals surface area contributed by atoms with Gasteiger partial charge in [0.1, 0.15) is 0 Å². The summed E-state index contributed by atoms with van der Waals surface area (Å²) >= 11 is 0. The molecule has 7 heteroatoms. The first-order valence-electron chi connectivity index (χ1n) is 6.99. The molecule has 114 valence electrons. The van der Waals surface area contributed by atoms with Crippen molar-refractivity contribution in [2.75, 3.05) is 6.61 Å². The van der Waals surface area contributed by atoms with Crippen LogP contribution in [0.5, 0.6) is 5.75 Å². The Morgan fingerprint density at radius 3 is 2.76 bits per heavy atom. The first kappa shape index (κ1) is 15.2. The highest BCUT2D eigenvalue weighted by atomic mass is 16.7. The zero-order valence-electron chi connectivity index (χ0n) is 11.8. The van der Waals surface area contributed by atoms with Crippen molar-refractivity contribution in [2.24, 2.45) is 0 Å². The molecule has 0 spiro atoms. The lowest BCUT2D eigenvalue weighted by molar-refractivity contribution is -0.385. The van der Waals surface area contributed by atoms with Crippen LogP contribution in [0, 0.1) is 10.1 Å². The maximum absolute atomic E-state index is 12.1. The average molecular weight is 294 g/mol. The van der Waals surface area contributed by atoms with E-state index < -0.39 is 10.8 Å². The third-order valence-corrected chi connectivity index (χ3v) is 3.34. The van der Waals surface area contributed by atoms with Crippen LogP contribution in [0.25, 0.3) is 0 Å². The number of nitrogens with zero attached hydrogens (tertiary/aromatic N) is 1. The molecule has 2 rings (SSSR count). The summed E-state index contributed by atoms with van der Waals surface area (Å²) in [5.74, 6) is -0.563. The largest absolute Gasteiger partial charge is 0.487 e. The Morgan fingerprint density at radius 2 is 2.14 bits per heavy atom. The number of para-hydroxylation sites is 1. The molecule has 1 aromatic rings. The fourth-order valence-electron chi connectivity index (χ4n) is 2.34. The maximum Gasteiger partial charge on any atom is 0.311 e. The highest BCUT2D eigenvalue weighted by Gasteiger charge is 2.24. The molecule has 0 bridgehead atoms. The Labute approximate surface area is 122 Å². The zero-order chi connectivity index (χ0) is 15.2. The smallest absolute Gasteiger partial charge is 0.311 e. The Hall–Kier alpha value is -2.15. The number of hydroxylamine groups is 1. The molecule has 0 saturated heterocycles. The van der Waals surface area contributed by atoms with Crippen LogP contribution in [0.15, 0.2) is 18.2 Å². The van der Waals surface area contributed by atoms with Gasteiger partial charge in [0.15, 0.2) is 0 Å². The summed E-state index contributed by atoms with van der Waals surface area (Å²) in [6, 6.07) is 4.23. The number of ether oxygens (including phenoxy) is 1. The molecule has 1 N–H and O–H groups in total. The summed E-state index contributed by atoms with van der Waals surface area (Å²) in [4.78, 5) is 27.9. The molecule has 0 heterocycles. The van der Waals surface area contributed by atoms with Gasteiger partial charge < -0.3 is 4.74 Å². The van der Waals surface area contributed by atoms with Gasteiger partial charge in [-0.05, 0) is 25.8 Å². The van der Waals surface area contributed by atoms with Crippen LogP contribution in [0.1, 0.15) is 43.0 Å². The van der Waals surface area contributed by atoms with Gasteiger partial charge in [-0.15, -0.1) is 0 Å². The number of benzene rings is 1. The maximum atomic E-state index is 12.1. The number of nitrogens with one attached hydrogen (secondary N) is 1. The molecule has 0 radical (unpaired) electrons. The van der Waals surface area contributed by atoms with Gasteiger partial charge >= 0.3 is 5.69 Å². The lowest BCUT2D eigenvalue weighted by Crippen LogP contribution is -2.28. The molecule has 0 unspecified atom stereocenters. The average Bonchev–Trinajstić information content (AvgIpc) is 2.98. The molecule has 7 nitrogen and oxygen atoms in total. The molecular weight excluding hydrogens is 276 g/mol. The molecule has 1 aliphatic rings. The van der Waals surface area contributed by atoms with Crippen LogP contribution in [-0.2, 0) is 4.84 Å². The van der Waals surface area contributed by atoms with E-state index in [0.717, 1.165) is 25.7 Å². The minimum Gasteiger partial charge on any atom is -0.487 e. The van der Waals surface area contributed by atoms with Gasteiger partial charge in [-0.1, -0.05) is 18.9 Å². The van der Waals surface area contributed by atoms with E-state index in [1.807, 2.05) is 0 Å². The van der Waals surface area contributed by atoms with Crippen molar-refractivity contribution in [3.63, 3.8) is 0 Å². The number of carbonyl (C=O) groups excluding carboxylic acids is 1. The van der Waals surface area contributed by atoms with Gasteiger partial charge in [-0.2, -0.15) is 0 Å². The van der Waals surface area contributed by atoms with E-state index in [2.05, 4.69) is 5.48 Å². The van der Waals surface area contributed by atoms with Crippen molar-refractivity contribution in [1.82, 2.24) is 5.48 Å². The topological polar surface area (TPSA) is 90.7 Å². The minimum absolute atomic E-state index is 0.0168.